The summed E-state index contributed by atoms with van der Waals surface area (Å²) in [6, 6.07) is 11.3. The SMILES string of the molecule is CNc1cccc(-c2ccc(C=O)o2)c1. The molecule has 76 valence electrons. The lowest BCUT2D eigenvalue weighted by Crippen LogP contribution is -1.87. The predicted octanol–water partition coefficient (Wildman–Crippen LogP) is 2.80. The lowest BCUT2D eigenvalue weighted by Gasteiger charge is -2.01. The zero-order valence-corrected chi connectivity index (χ0v) is 8.36. The Kier molecular flexibility index (Phi) is 2.54. The predicted molar refractivity (Wildman–Crippen MR) is 59.1 cm³/mol. The molecule has 0 amide bonds. The molecule has 2 rings (SSSR count). The highest BCUT2D eigenvalue weighted by atomic mass is 16.3. The summed E-state index contributed by atoms with van der Waals surface area (Å²) in [6.07, 6.45) is 0.700. The molecule has 0 bridgehead atoms. The zero-order chi connectivity index (χ0) is 10.7. The van der Waals surface area contributed by atoms with E-state index in [1.54, 1.807) is 12.1 Å². The molecule has 1 aromatic carbocycles. The van der Waals surface area contributed by atoms with Crippen LogP contribution < -0.4 is 5.32 Å². The van der Waals surface area contributed by atoms with Gasteiger partial charge >= 0.3 is 0 Å². The summed E-state index contributed by atoms with van der Waals surface area (Å²) in [5, 5.41) is 3.05. The summed E-state index contributed by atoms with van der Waals surface area (Å²) >= 11 is 0. The van der Waals surface area contributed by atoms with Gasteiger partial charge < -0.3 is 9.73 Å². The lowest BCUT2D eigenvalue weighted by molar-refractivity contribution is 0.110. The smallest absolute Gasteiger partial charge is 0.185 e. The number of hydrogen-bond donors (Lipinski definition) is 1. The molecule has 3 heteroatoms. The molecule has 15 heavy (non-hydrogen) atoms. The average molecular weight is 201 g/mol. The molecule has 0 spiro atoms. The molecule has 2 aromatic rings. The molecule has 0 saturated carbocycles. The molecule has 1 aromatic heterocycles. The maximum absolute atomic E-state index is 10.5. The van der Waals surface area contributed by atoms with Crippen molar-refractivity contribution in [3.8, 4) is 11.3 Å². The number of carbonyl (C=O) groups is 1. The molecule has 0 atom stereocenters. The van der Waals surface area contributed by atoms with Crippen molar-refractivity contribution in [2.24, 2.45) is 0 Å². The van der Waals surface area contributed by atoms with Crippen LogP contribution in [0, 0.1) is 0 Å². The van der Waals surface area contributed by atoms with E-state index in [0.717, 1.165) is 11.3 Å². The standard InChI is InChI=1S/C12H11NO2/c1-13-10-4-2-3-9(7-10)12-6-5-11(8-14)15-12/h2-8,13H,1H3. The number of benzene rings is 1. The molecule has 0 aliphatic heterocycles. The van der Waals surface area contributed by atoms with Gasteiger partial charge in [-0.1, -0.05) is 12.1 Å². The van der Waals surface area contributed by atoms with Gasteiger partial charge in [0.15, 0.2) is 12.0 Å². The highest BCUT2D eigenvalue weighted by Crippen LogP contribution is 2.23. The van der Waals surface area contributed by atoms with Crippen molar-refractivity contribution in [1.29, 1.82) is 0 Å². The Hall–Kier alpha value is -2.03. The van der Waals surface area contributed by atoms with Crippen LogP contribution in [0.2, 0.25) is 0 Å². The fraction of sp³-hybridized carbons (Fsp3) is 0.0833. The summed E-state index contributed by atoms with van der Waals surface area (Å²) in [5.74, 6) is 1.05. The second kappa shape index (κ2) is 4.00. The first-order chi connectivity index (χ1) is 7.33. The first kappa shape index (κ1) is 9.52. The van der Waals surface area contributed by atoms with Crippen LogP contribution in [-0.4, -0.2) is 13.3 Å². The molecule has 1 N–H and O–H groups in total. The van der Waals surface area contributed by atoms with E-state index in [2.05, 4.69) is 5.32 Å². The first-order valence-electron chi connectivity index (χ1n) is 4.66. The van der Waals surface area contributed by atoms with Crippen molar-refractivity contribution in [1.82, 2.24) is 0 Å². The Balaban J connectivity index is 2.39. The van der Waals surface area contributed by atoms with Gasteiger partial charge in [0.05, 0.1) is 0 Å². The van der Waals surface area contributed by atoms with E-state index < -0.39 is 0 Å². The third-order valence-electron chi connectivity index (χ3n) is 2.18. The molecular formula is C12H11NO2. The summed E-state index contributed by atoms with van der Waals surface area (Å²) in [4.78, 5) is 10.5. The van der Waals surface area contributed by atoms with Gasteiger partial charge in [-0.2, -0.15) is 0 Å². The fourth-order valence-electron chi connectivity index (χ4n) is 1.40. The maximum Gasteiger partial charge on any atom is 0.185 e. The summed E-state index contributed by atoms with van der Waals surface area (Å²) in [5.41, 5.74) is 1.96. The van der Waals surface area contributed by atoms with Crippen molar-refractivity contribution < 1.29 is 9.21 Å². The monoisotopic (exact) mass is 201 g/mol. The second-order valence-electron chi connectivity index (χ2n) is 3.15. The minimum absolute atomic E-state index is 0.347. The molecule has 0 aliphatic carbocycles. The Morgan fingerprint density at radius 1 is 1.27 bits per heavy atom. The number of nitrogens with one attached hydrogen (secondary N) is 1. The number of furan rings is 1. The quantitative estimate of drug-likeness (QED) is 0.776. The Morgan fingerprint density at radius 3 is 2.80 bits per heavy atom. The Bertz CT molecular complexity index is 474. The van der Waals surface area contributed by atoms with Crippen molar-refractivity contribution in [3.05, 3.63) is 42.2 Å². The van der Waals surface area contributed by atoms with E-state index in [1.165, 1.54) is 0 Å². The number of hydrogen-bond acceptors (Lipinski definition) is 3. The largest absolute Gasteiger partial charge is 0.453 e. The zero-order valence-electron chi connectivity index (χ0n) is 8.36. The number of rotatable bonds is 3. The molecule has 0 radical (unpaired) electrons. The summed E-state index contributed by atoms with van der Waals surface area (Å²) in [6.45, 7) is 0. The van der Waals surface area contributed by atoms with Crippen LogP contribution in [0.1, 0.15) is 10.6 Å². The van der Waals surface area contributed by atoms with Crippen LogP contribution >= 0.6 is 0 Å². The van der Waals surface area contributed by atoms with Crippen molar-refractivity contribution >= 4 is 12.0 Å². The van der Waals surface area contributed by atoms with Gasteiger partial charge in [0.2, 0.25) is 0 Å². The topological polar surface area (TPSA) is 42.2 Å². The van der Waals surface area contributed by atoms with Gasteiger partial charge in [0, 0.05) is 18.3 Å². The first-order valence-corrected chi connectivity index (χ1v) is 4.66. The molecule has 3 nitrogen and oxygen atoms in total. The molecule has 1 heterocycles. The third kappa shape index (κ3) is 1.91. The van der Waals surface area contributed by atoms with E-state index in [9.17, 15) is 4.79 Å². The van der Waals surface area contributed by atoms with Crippen molar-refractivity contribution in [2.45, 2.75) is 0 Å². The highest BCUT2D eigenvalue weighted by Gasteiger charge is 2.03. The van der Waals surface area contributed by atoms with Crippen LogP contribution in [0.5, 0.6) is 0 Å². The van der Waals surface area contributed by atoms with Crippen LogP contribution in [0.4, 0.5) is 5.69 Å². The molecule has 0 saturated heterocycles. The summed E-state index contributed by atoms with van der Waals surface area (Å²) in [7, 11) is 1.86. The number of aldehydes is 1. The van der Waals surface area contributed by atoms with Crippen molar-refractivity contribution in [3.63, 3.8) is 0 Å². The van der Waals surface area contributed by atoms with E-state index in [1.807, 2.05) is 31.3 Å². The molecule has 0 fully saturated rings. The average Bonchev–Trinajstić information content (AvgIpc) is 2.78. The normalized spacial score (nSPS) is 9.93. The van der Waals surface area contributed by atoms with Gasteiger partial charge in [-0.25, -0.2) is 0 Å². The van der Waals surface area contributed by atoms with Crippen LogP contribution in [0.25, 0.3) is 11.3 Å². The fourth-order valence-corrected chi connectivity index (χ4v) is 1.40. The maximum atomic E-state index is 10.5. The minimum Gasteiger partial charge on any atom is -0.453 e. The van der Waals surface area contributed by atoms with Crippen LogP contribution in [-0.2, 0) is 0 Å². The van der Waals surface area contributed by atoms with E-state index in [4.69, 9.17) is 4.42 Å². The van der Waals surface area contributed by atoms with E-state index in [-0.39, 0.29) is 0 Å². The van der Waals surface area contributed by atoms with Gasteiger partial charge in [0.25, 0.3) is 0 Å². The van der Waals surface area contributed by atoms with Gasteiger partial charge in [-0.3, -0.25) is 4.79 Å². The summed E-state index contributed by atoms with van der Waals surface area (Å²) < 4.78 is 5.32. The van der Waals surface area contributed by atoms with Crippen LogP contribution in [0.15, 0.2) is 40.8 Å². The Morgan fingerprint density at radius 2 is 2.13 bits per heavy atom. The minimum atomic E-state index is 0.347. The van der Waals surface area contributed by atoms with Gasteiger partial charge in [-0.05, 0) is 24.3 Å². The van der Waals surface area contributed by atoms with Crippen LogP contribution in [0.3, 0.4) is 0 Å². The Labute approximate surface area is 87.7 Å². The number of carbonyl (C=O) groups excluding carboxylic acids is 1. The number of anilines is 1. The van der Waals surface area contributed by atoms with Crippen molar-refractivity contribution in [2.75, 3.05) is 12.4 Å². The third-order valence-corrected chi connectivity index (χ3v) is 2.18. The van der Waals surface area contributed by atoms with Gasteiger partial charge in [0.1, 0.15) is 5.76 Å². The van der Waals surface area contributed by atoms with Gasteiger partial charge in [-0.15, -0.1) is 0 Å². The lowest BCUT2D eigenvalue weighted by atomic mass is 10.1. The highest BCUT2D eigenvalue weighted by molar-refractivity contribution is 5.73. The molecular weight excluding hydrogens is 190 g/mol. The van der Waals surface area contributed by atoms with E-state index in [0.29, 0.717) is 17.8 Å². The molecule has 0 unspecified atom stereocenters. The molecule has 0 aliphatic rings. The van der Waals surface area contributed by atoms with E-state index >= 15 is 0 Å². The second-order valence-corrected chi connectivity index (χ2v) is 3.15.